The summed E-state index contributed by atoms with van der Waals surface area (Å²) >= 11 is 1.16. The van der Waals surface area contributed by atoms with Gasteiger partial charge in [-0.25, -0.2) is 12.8 Å². The van der Waals surface area contributed by atoms with Crippen LogP contribution in [0.15, 0.2) is 68.9 Å². The number of carbonyl (C=O) groups is 1. The molecule has 172 valence electrons. The van der Waals surface area contributed by atoms with Crippen LogP contribution in [0.4, 0.5) is 10.1 Å². The Balaban J connectivity index is 1.56. The van der Waals surface area contributed by atoms with E-state index in [4.69, 9.17) is 5.41 Å². The van der Waals surface area contributed by atoms with E-state index in [0.29, 0.717) is 15.8 Å². The molecule has 1 aromatic heterocycles. The van der Waals surface area contributed by atoms with Crippen molar-refractivity contribution in [3.05, 3.63) is 76.9 Å². The van der Waals surface area contributed by atoms with Crippen molar-refractivity contribution in [3.8, 4) is 5.69 Å². The monoisotopic (exact) mass is 494 g/mol. The summed E-state index contributed by atoms with van der Waals surface area (Å²) in [5.41, 5.74) is 4.00. The van der Waals surface area contributed by atoms with Gasteiger partial charge in [0.15, 0.2) is 15.0 Å². The van der Waals surface area contributed by atoms with E-state index in [1.54, 1.807) is 29.2 Å². The smallest absolute Gasteiger partial charge is 0.283 e. The van der Waals surface area contributed by atoms with Crippen LogP contribution < -0.4 is 4.90 Å². The third kappa shape index (κ3) is 3.59. The van der Waals surface area contributed by atoms with Crippen LogP contribution in [0.5, 0.6) is 0 Å². The van der Waals surface area contributed by atoms with Crippen LogP contribution in [-0.4, -0.2) is 36.2 Å². The average Bonchev–Trinajstić information content (AvgIpc) is 3.27. The van der Waals surface area contributed by atoms with Crippen LogP contribution in [-0.2, 0) is 14.6 Å². The fraction of sp³-hybridized carbons (Fsp3) is 0.125. The molecule has 3 heterocycles. The zero-order valence-corrected chi connectivity index (χ0v) is 20.1. The van der Waals surface area contributed by atoms with Crippen molar-refractivity contribution in [2.45, 2.75) is 23.6 Å². The van der Waals surface area contributed by atoms with Crippen LogP contribution in [0.2, 0.25) is 0 Å². The maximum atomic E-state index is 13.4. The van der Waals surface area contributed by atoms with Crippen LogP contribution in [0.1, 0.15) is 17.0 Å². The van der Waals surface area contributed by atoms with Gasteiger partial charge in [-0.3, -0.25) is 15.1 Å². The number of thioether (sulfide) groups is 1. The number of halogens is 1. The van der Waals surface area contributed by atoms with Crippen molar-refractivity contribution >= 4 is 50.3 Å². The second kappa shape index (κ2) is 7.78. The summed E-state index contributed by atoms with van der Waals surface area (Å²) in [4.78, 5) is 19.4. The van der Waals surface area contributed by atoms with Gasteiger partial charge in [-0.2, -0.15) is 4.99 Å². The van der Waals surface area contributed by atoms with Crippen molar-refractivity contribution in [1.29, 1.82) is 5.41 Å². The lowest BCUT2D eigenvalue weighted by molar-refractivity contribution is -0.113. The van der Waals surface area contributed by atoms with E-state index in [9.17, 15) is 17.6 Å². The molecular formula is C24H19FN4O3S2. The van der Waals surface area contributed by atoms with Gasteiger partial charge in [0.05, 0.1) is 16.2 Å². The summed E-state index contributed by atoms with van der Waals surface area (Å²) in [7, 11) is -3.39. The first-order chi connectivity index (χ1) is 16.0. The Bertz CT molecular complexity index is 1570. The standard InChI is InChI=1S/C24H19FN4O3S2/c1-13-10-15(14(2)28(13)17-6-4-16(25)5-7-17)11-19-22(26)29-20-9-8-18(34(3,31)32)12-21(20)33-24(29)27-23(19)30/h4-12,26H,1-3H3/b19-11+,26-22?. The van der Waals surface area contributed by atoms with Crippen molar-refractivity contribution in [3.63, 3.8) is 0 Å². The Kier molecular flexibility index (Phi) is 5.10. The normalized spacial score (nSPS) is 16.6. The van der Waals surface area contributed by atoms with Gasteiger partial charge in [-0.15, -0.1) is 0 Å². The third-order valence-corrected chi connectivity index (χ3v) is 7.87. The van der Waals surface area contributed by atoms with Crippen LogP contribution in [0.25, 0.3) is 11.8 Å². The Morgan fingerprint density at radius 3 is 2.47 bits per heavy atom. The van der Waals surface area contributed by atoms with Gasteiger partial charge in [-0.05, 0) is 85.8 Å². The van der Waals surface area contributed by atoms with Crippen molar-refractivity contribution in [1.82, 2.24) is 4.57 Å². The number of hydrogen-bond acceptors (Lipinski definition) is 5. The lowest BCUT2D eigenvalue weighted by Crippen LogP contribution is -2.39. The summed E-state index contributed by atoms with van der Waals surface area (Å²) < 4.78 is 39.2. The first kappa shape index (κ1) is 22.3. The van der Waals surface area contributed by atoms with Gasteiger partial charge in [-0.1, -0.05) is 0 Å². The maximum absolute atomic E-state index is 13.4. The van der Waals surface area contributed by atoms with Crippen LogP contribution >= 0.6 is 11.8 Å². The van der Waals surface area contributed by atoms with Gasteiger partial charge < -0.3 is 4.57 Å². The van der Waals surface area contributed by atoms with Gasteiger partial charge in [0, 0.05) is 28.2 Å². The molecule has 2 aliphatic rings. The van der Waals surface area contributed by atoms with Crippen LogP contribution in [0.3, 0.4) is 0 Å². The van der Waals surface area contributed by atoms with Gasteiger partial charge in [0.25, 0.3) is 5.91 Å². The lowest BCUT2D eigenvalue weighted by atomic mass is 10.1. The predicted octanol–water partition coefficient (Wildman–Crippen LogP) is 4.51. The van der Waals surface area contributed by atoms with E-state index >= 15 is 0 Å². The molecule has 0 saturated heterocycles. The number of sulfone groups is 1. The number of amidine groups is 2. The number of fused-ring (bicyclic) bond motifs is 3. The highest BCUT2D eigenvalue weighted by Crippen LogP contribution is 2.44. The number of anilines is 1. The van der Waals surface area contributed by atoms with E-state index in [1.165, 1.54) is 24.3 Å². The number of nitrogens with one attached hydrogen (secondary N) is 1. The third-order valence-electron chi connectivity index (χ3n) is 5.75. The van der Waals surface area contributed by atoms with Crippen molar-refractivity contribution in [2.75, 3.05) is 11.2 Å². The molecule has 1 N–H and O–H groups in total. The molecular weight excluding hydrogens is 475 g/mol. The minimum absolute atomic E-state index is 0.0278. The number of aromatic nitrogens is 1. The Morgan fingerprint density at radius 1 is 1.09 bits per heavy atom. The summed E-state index contributed by atoms with van der Waals surface area (Å²) in [5, 5.41) is 9.08. The molecule has 0 fully saturated rings. The summed E-state index contributed by atoms with van der Waals surface area (Å²) in [6, 6.07) is 12.7. The van der Waals surface area contributed by atoms with E-state index in [0.717, 1.165) is 40.7 Å². The number of rotatable bonds is 3. The van der Waals surface area contributed by atoms with Gasteiger partial charge >= 0.3 is 0 Å². The first-order valence-corrected chi connectivity index (χ1v) is 13.0. The SMILES string of the molecule is Cc1cc(/C=C2\C(=N)N3C(=NC2=O)Sc2cc(S(C)(=O)=O)ccc23)c(C)n1-c1ccc(F)cc1. The fourth-order valence-corrected chi connectivity index (χ4v) is 5.88. The first-order valence-electron chi connectivity index (χ1n) is 10.3. The summed E-state index contributed by atoms with van der Waals surface area (Å²) in [5.74, 6) is -0.887. The fourth-order valence-electron chi connectivity index (χ4n) is 4.10. The number of aliphatic imine (C=N–C) groups is 1. The molecule has 7 nitrogen and oxygen atoms in total. The summed E-state index contributed by atoms with van der Waals surface area (Å²) in [6.07, 6.45) is 2.77. The van der Waals surface area contributed by atoms with Crippen molar-refractivity contribution < 1.29 is 17.6 Å². The van der Waals surface area contributed by atoms with E-state index < -0.39 is 15.7 Å². The molecule has 0 aliphatic carbocycles. The average molecular weight is 495 g/mol. The molecule has 0 bridgehead atoms. The van der Waals surface area contributed by atoms with E-state index in [1.807, 2.05) is 24.5 Å². The predicted molar refractivity (Wildman–Crippen MR) is 131 cm³/mol. The van der Waals surface area contributed by atoms with Crippen molar-refractivity contribution in [2.24, 2.45) is 4.99 Å². The molecule has 0 spiro atoms. The van der Waals surface area contributed by atoms with Gasteiger partial charge in [0.2, 0.25) is 0 Å². The molecule has 5 rings (SSSR count). The molecule has 34 heavy (non-hydrogen) atoms. The zero-order chi connectivity index (χ0) is 24.4. The molecule has 0 saturated carbocycles. The second-order valence-corrected chi connectivity index (χ2v) is 11.1. The molecule has 0 unspecified atom stereocenters. The zero-order valence-electron chi connectivity index (χ0n) is 18.5. The van der Waals surface area contributed by atoms with Crippen LogP contribution in [0, 0.1) is 25.1 Å². The minimum Gasteiger partial charge on any atom is -0.318 e. The molecule has 3 aromatic rings. The number of carbonyl (C=O) groups excluding carboxylic acids is 1. The second-order valence-electron chi connectivity index (χ2n) is 8.08. The number of nitrogens with zero attached hydrogens (tertiary/aromatic N) is 3. The topological polar surface area (TPSA) is 95.6 Å². The summed E-state index contributed by atoms with van der Waals surface area (Å²) in [6.45, 7) is 3.80. The molecule has 2 aromatic carbocycles. The Hall–Kier alpha value is -3.50. The lowest BCUT2D eigenvalue weighted by Gasteiger charge is -2.24. The molecule has 0 radical (unpaired) electrons. The highest BCUT2D eigenvalue weighted by Gasteiger charge is 2.38. The molecule has 1 amide bonds. The van der Waals surface area contributed by atoms with E-state index in [-0.39, 0.29) is 22.1 Å². The maximum Gasteiger partial charge on any atom is 0.283 e. The highest BCUT2D eigenvalue weighted by atomic mass is 32.2. The molecule has 10 heteroatoms. The Morgan fingerprint density at radius 2 is 1.79 bits per heavy atom. The largest absolute Gasteiger partial charge is 0.318 e. The number of amides is 1. The quantitative estimate of drug-likeness (QED) is 0.541. The Labute approximate surface area is 200 Å². The molecule has 2 aliphatic heterocycles. The van der Waals surface area contributed by atoms with E-state index in [2.05, 4.69) is 4.99 Å². The minimum atomic E-state index is -3.39. The number of benzene rings is 2. The highest BCUT2D eigenvalue weighted by molar-refractivity contribution is 8.15. The van der Waals surface area contributed by atoms with Gasteiger partial charge in [0.1, 0.15) is 11.7 Å². The number of hydrogen-bond donors (Lipinski definition) is 1. The number of aryl methyl sites for hydroxylation is 1. The molecule has 0 atom stereocenters.